The van der Waals surface area contributed by atoms with E-state index >= 15 is 0 Å². The zero-order valence-electron chi connectivity index (χ0n) is 12.1. The second-order valence-electron chi connectivity index (χ2n) is 5.63. The first-order chi connectivity index (χ1) is 9.83. The van der Waals surface area contributed by atoms with E-state index in [4.69, 9.17) is 0 Å². The molecule has 1 aromatic heterocycles. The van der Waals surface area contributed by atoms with E-state index < -0.39 is 0 Å². The van der Waals surface area contributed by atoms with Crippen LogP contribution in [0.1, 0.15) is 24.1 Å². The van der Waals surface area contributed by atoms with E-state index in [9.17, 15) is 0 Å². The van der Waals surface area contributed by atoms with Gasteiger partial charge in [-0.1, -0.05) is 18.2 Å². The van der Waals surface area contributed by atoms with Gasteiger partial charge >= 0.3 is 0 Å². The molecule has 1 saturated heterocycles. The maximum atomic E-state index is 4.60. The summed E-state index contributed by atoms with van der Waals surface area (Å²) in [5.41, 5.74) is 3.59. The number of nitrogens with one attached hydrogen (secondary N) is 1. The molecule has 3 heteroatoms. The maximum Gasteiger partial charge on any atom is 0.0708 e. The van der Waals surface area contributed by atoms with Crippen molar-refractivity contribution in [1.29, 1.82) is 0 Å². The molecule has 1 aliphatic rings. The van der Waals surface area contributed by atoms with Gasteiger partial charge in [0.15, 0.2) is 0 Å². The molecular formula is C17H22N2S. The standard InChI is InChI=1S/C17H22N2S/c1-13-10-15(16-4-2-3-5-17(16)19-13)12-18-11-14-6-8-20-9-7-14/h2-5,10,14,18H,6-9,11-12H2,1H3. The summed E-state index contributed by atoms with van der Waals surface area (Å²) in [4.78, 5) is 4.60. The number of rotatable bonds is 4. The van der Waals surface area contributed by atoms with Crippen molar-refractivity contribution in [2.75, 3.05) is 18.1 Å². The van der Waals surface area contributed by atoms with Crippen molar-refractivity contribution >= 4 is 22.7 Å². The maximum absolute atomic E-state index is 4.60. The molecule has 0 atom stereocenters. The summed E-state index contributed by atoms with van der Waals surface area (Å²) < 4.78 is 0. The smallest absolute Gasteiger partial charge is 0.0708 e. The predicted octanol–water partition coefficient (Wildman–Crippen LogP) is 3.78. The van der Waals surface area contributed by atoms with Gasteiger partial charge in [-0.15, -0.1) is 0 Å². The molecule has 0 bridgehead atoms. The van der Waals surface area contributed by atoms with Gasteiger partial charge in [-0.3, -0.25) is 4.98 Å². The van der Waals surface area contributed by atoms with Crippen LogP contribution in [0.5, 0.6) is 0 Å². The Morgan fingerprint density at radius 1 is 1.25 bits per heavy atom. The van der Waals surface area contributed by atoms with Gasteiger partial charge in [0, 0.05) is 17.6 Å². The Kier molecular flexibility index (Phi) is 4.58. The lowest BCUT2D eigenvalue weighted by molar-refractivity contribution is 0.448. The van der Waals surface area contributed by atoms with Crippen molar-refractivity contribution in [2.24, 2.45) is 5.92 Å². The highest BCUT2D eigenvalue weighted by Gasteiger charge is 2.13. The normalized spacial score (nSPS) is 16.6. The lowest BCUT2D eigenvalue weighted by atomic mass is 10.0. The Bertz CT molecular complexity index is 576. The topological polar surface area (TPSA) is 24.9 Å². The molecule has 0 saturated carbocycles. The van der Waals surface area contributed by atoms with Crippen LogP contribution in [0, 0.1) is 12.8 Å². The largest absolute Gasteiger partial charge is 0.312 e. The number of pyridine rings is 1. The summed E-state index contributed by atoms with van der Waals surface area (Å²) in [5, 5.41) is 4.94. The number of hydrogen-bond donors (Lipinski definition) is 1. The van der Waals surface area contributed by atoms with Crippen LogP contribution in [0.15, 0.2) is 30.3 Å². The highest BCUT2D eigenvalue weighted by atomic mass is 32.2. The minimum Gasteiger partial charge on any atom is -0.312 e. The van der Waals surface area contributed by atoms with Crippen LogP contribution >= 0.6 is 11.8 Å². The molecule has 0 spiro atoms. The average molecular weight is 286 g/mol. The molecule has 2 aromatic rings. The van der Waals surface area contributed by atoms with Crippen molar-refractivity contribution in [3.05, 3.63) is 41.6 Å². The van der Waals surface area contributed by atoms with E-state index in [1.165, 1.54) is 35.3 Å². The summed E-state index contributed by atoms with van der Waals surface area (Å²) in [6.07, 6.45) is 2.74. The Morgan fingerprint density at radius 2 is 2.05 bits per heavy atom. The van der Waals surface area contributed by atoms with E-state index in [0.29, 0.717) is 0 Å². The molecule has 1 N–H and O–H groups in total. The minimum atomic E-state index is 0.866. The van der Waals surface area contributed by atoms with Crippen molar-refractivity contribution in [3.8, 4) is 0 Å². The monoisotopic (exact) mass is 286 g/mol. The quantitative estimate of drug-likeness (QED) is 0.926. The summed E-state index contributed by atoms with van der Waals surface area (Å²) >= 11 is 2.10. The Morgan fingerprint density at radius 3 is 2.90 bits per heavy atom. The molecule has 1 fully saturated rings. The third-order valence-electron chi connectivity index (χ3n) is 4.02. The number of benzene rings is 1. The summed E-state index contributed by atoms with van der Waals surface area (Å²) in [5.74, 6) is 3.54. The second kappa shape index (κ2) is 6.59. The molecule has 2 heterocycles. The molecule has 1 aromatic carbocycles. The van der Waals surface area contributed by atoms with Gasteiger partial charge in [0.25, 0.3) is 0 Å². The fourth-order valence-corrected chi connectivity index (χ4v) is 4.11. The van der Waals surface area contributed by atoms with Gasteiger partial charge in [-0.25, -0.2) is 0 Å². The fraction of sp³-hybridized carbons (Fsp3) is 0.471. The lowest BCUT2D eigenvalue weighted by Crippen LogP contribution is -2.25. The van der Waals surface area contributed by atoms with Gasteiger partial charge in [-0.05, 0) is 61.4 Å². The van der Waals surface area contributed by atoms with Gasteiger partial charge < -0.3 is 5.32 Å². The Labute approximate surface area is 125 Å². The third-order valence-corrected chi connectivity index (χ3v) is 5.07. The predicted molar refractivity (Wildman–Crippen MR) is 88.2 cm³/mol. The fourth-order valence-electron chi connectivity index (χ4n) is 2.90. The SMILES string of the molecule is Cc1cc(CNCC2CCSCC2)c2ccccc2n1. The van der Waals surface area contributed by atoms with Crippen LogP contribution < -0.4 is 5.32 Å². The number of aryl methyl sites for hydroxylation is 1. The van der Waals surface area contributed by atoms with Crippen molar-refractivity contribution in [1.82, 2.24) is 10.3 Å². The number of nitrogens with zero attached hydrogens (tertiary/aromatic N) is 1. The van der Waals surface area contributed by atoms with Crippen molar-refractivity contribution < 1.29 is 0 Å². The Hall–Kier alpha value is -1.06. The highest BCUT2D eigenvalue weighted by molar-refractivity contribution is 7.99. The third kappa shape index (κ3) is 3.33. The van der Waals surface area contributed by atoms with Crippen LogP contribution in [0.3, 0.4) is 0 Å². The zero-order valence-corrected chi connectivity index (χ0v) is 12.9. The van der Waals surface area contributed by atoms with E-state index in [1.54, 1.807) is 0 Å². The molecule has 1 aliphatic heterocycles. The Balaban J connectivity index is 1.67. The number of thioether (sulfide) groups is 1. The first-order valence-electron chi connectivity index (χ1n) is 7.46. The molecular weight excluding hydrogens is 264 g/mol. The van der Waals surface area contributed by atoms with Crippen LogP contribution in [-0.4, -0.2) is 23.0 Å². The number of fused-ring (bicyclic) bond motifs is 1. The summed E-state index contributed by atoms with van der Waals surface area (Å²) in [7, 11) is 0. The summed E-state index contributed by atoms with van der Waals surface area (Å²) in [6, 6.07) is 10.7. The van der Waals surface area contributed by atoms with Gasteiger partial charge in [0.05, 0.1) is 5.52 Å². The summed E-state index contributed by atoms with van der Waals surface area (Å²) in [6.45, 7) is 4.18. The molecule has 20 heavy (non-hydrogen) atoms. The lowest BCUT2D eigenvalue weighted by Gasteiger charge is -2.21. The van der Waals surface area contributed by atoms with E-state index in [0.717, 1.165) is 30.2 Å². The van der Waals surface area contributed by atoms with Crippen molar-refractivity contribution in [2.45, 2.75) is 26.3 Å². The van der Waals surface area contributed by atoms with E-state index in [-0.39, 0.29) is 0 Å². The molecule has 0 unspecified atom stereocenters. The van der Waals surface area contributed by atoms with Gasteiger partial charge in [0.2, 0.25) is 0 Å². The second-order valence-corrected chi connectivity index (χ2v) is 6.85. The van der Waals surface area contributed by atoms with Gasteiger partial charge in [-0.2, -0.15) is 11.8 Å². The van der Waals surface area contributed by atoms with Crippen LogP contribution in [0.4, 0.5) is 0 Å². The van der Waals surface area contributed by atoms with Crippen molar-refractivity contribution in [3.63, 3.8) is 0 Å². The molecule has 0 radical (unpaired) electrons. The molecule has 2 nitrogen and oxygen atoms in total. The van der Waals surface area contributed by atoms with E-state index in [2.05, 4.69) is 59.3 Å². The highest BCUT2D eigenvalue weighted by Crippen LogP contribution is 2.22. The molecule has 0 amide bonds. The number of hydrogen-bond acceptors (Lipinski definition) is 3. The first kappa shape index (κ1) is 13.9. The zero-order chi connectivity index (χ0) is 13.8. The minimum absolute atomic E-state index is 0.866. The van der Waals surface area contributed by atoms with Gasteiger partial charge in [0.1, 0.15) is 0 Å². The molecule has 0 aliphatic carbocycles. The number of aromatic nitrogens is 1. The average Bonchev–Trinajstić information content (AvgIpc) is 2.48. The molecule has 106 valence electrons. The van der Waals surface area contributed by atoms with Crippen LogP contribution in [0.2, 0.25) is 0 Å². The van der Waals surface area contributed by atoms with Crippen LogP contribution in [-0.2, 0) is 6.54 Å². The molecule has 3 rings (SSSR count). The number of para-hydroxylation sites is 1. The van der Waals surface area contributed by atoms with Crippen LogP contribution in [0.25, 0.3) is 10.9 Å². The van der Waals surface area contributed by atoms with E-state index in [1.807, 2.05) is 0 Å². The first-order valence-corrected chi connectivity index (χ1v) is 8.62.